The molecule has 0 N–H and O–H groups in total. The molecule has 168 valence electrons. The minimum atomic E-state index is -3.78. The van der Waals surface area contributed by atoms with Gasteiger partial charge < -0.3 is 0 Å². The van der Waals surface area contributed by atoms with Crippen molar-refractivity contribution in [2.45, 2.75) is 52.8 Å². The Labute approximate surface area is 200 Å². The summed E-state index contributed by atoms with van der Waals surface area (Å²) in [7, 11) is -3.78. The highest BCUT2D eigenvalue weighted by atomic mass is 32.2. The van der Waals surface area contributed by atoms with Gasteiger partial charge in [0.15, 0.2) is 5.82 Å². The zero-order valence-corrected chi connectivity index (χ0v) is 20.7. The van der Waals surface area contributed by atoms with Crippen LogP contribution in [0.3, 0.4) is 0 Å². The molecule has 0 spiro atoms. The maximum Gasteiger partial charge on any atom is 0.210 e. The van der Waals surface area contributed by atoms with Crippen molar-refractivity contribution in [2.75, 3.05) is 0 Å². The van der Waals surface area contributed by atoms with E-state index in [0.29, 0.717) is 10.9 Å². The van der Waals surface area contributed by atoms with Gasteiger partial charge >= 0.3 is 0 Å². The second kappa shape index (κ2) is 9.12. The number of sulfone groups is 1. The number of hydrogen-bond acceptors (Lipinski definition) is 5. The third-order valence-electron chi connectivity index (χ3n) is 5.31. The van der Waals surface area contributed by atoms with Gasteiger partial charge in [-0.25, -0.2) is 18.4 Å². The molecule has 0 aliphatic heterocycles. The molecule has 1 heterocycles. The largest absolute Gasteiger partial charge is 0.235 e. The molecule has 0 saturated carbocycles. The molecule has 0 saturated heterocycles. The smallest absolute Gasteiger partial charge is 0.210 e. The maximum atomic E-state index is 13.5. The predicted molar refractivity (Wildman–Crippen MR) is 133 cm³/mol. The lowest BCUT2D eigenvalue weighted by atomic mass is 9.87. The lowest BCUT2D eigenvalue weighted by Crippen LogP contribution is -2.10. The van der Waals surface area contributed by atoms with Gasteiger partial charge in [-0.15, -0.1) is 0 Å². The number of benzene rings is 3. The zero-order chi connectivity index (χ0) is 23.6. The van der Waals surface area contributed by atoms with Crippen molar-refractivity contribution in [1.82, 2.24) is 9.97 Å². The molecule has 0 aliphatic rings. The minimum Gasteiger partial charge on any atom is -0.235 e. The molecule has 0 unspecified atom stereocenters. The van der Waals surface area contributed by atoms with Crippen LogP contribution < -0.4 is 0 Å². The molecule has 33 heavy (non-hydrogen) atoms. The van der Waals surface area contributed by atoms with Crippen LogP contribution in [0.1, 0.15) is 31.9 Å². The summed E-state index contributed by atoms with van der Waals surface area (Å²) < 4.78 is 27.0. The lowest BCUT2D eigenvalue weighted by molar-refractivity contribution is 0.589. The van der Waals surface area contributed by atoms with Crippen LogP contribution in [0.2, 0.25) is 0 Å². The van der Waals surface area contributed by atoms with Gasteiger partial charge in [-0.3, -0.25) is 0 Å². The Kier molecular flexibility index (Phi) is 6.41. The van der Waals surface area contributed by atoms with Crippen LogP contribution in [0.5, 0.6) is 0 Å². The Morgan fingerprint density at radius 2 is 1.45 bits per heavy atom. The summed E-state index contributed by atoms with van der Waals surface area (Å²) in [5.41, 5.74) is 3.09. The van der Waals surface area contributed by atoms with Gasteiger partial charge in [0.1, 0.15) is 9.92 Å². The van der Waals surface area contributed by atoms with Gasteiger partial charge in [-0.2, -0.15) is 0 Å². The van der Waals surface area contributed by atoms with E-state index in [0.717, 1.165) is 16.0 Å². The normalized spacial score (nSPS) is 12.0. The third kappa shape index (κ3) is 5.18. The monoisotopic (exact) mass is 474 g/mol. The fourth-order valence-electron chi connectivity index (χ4n) is 3.32. The van der Waals surface area contributed by atoms with Crippen LogP contribution in [0.25, 0.3) is 11.4 Å². The van der Waals surface area contributed by atoms with E-state index in [9.17, 15) is 8.42 Å². The van der Waals surface area contributed by atoms with Crippen LogP contribution in [0.15, 0.2) is 105 Å². The highest BCUT2D eigenvalue weighted by molar-refractivity contribution is 8.00. The average molecular weight is 475 g/mol. The molecule has 6 heteroatoms. The SMILES string of the molecule is Cc1ccc(S(=O)(=O)c2cnc(-c3ccccc3)nc2Sc2ccc(C(C)(C)C)cc2)cc1. The van der Waals surface area contributed by atoms with Gasteiger partial charge in [-0.05, 0) is 42.2 Å². The third-order valence-corrected chi connectivity index (χ3v) is 8.22. The molecule has 0 radical (unpaired) electrons. The van der Waals surface area contributed by atoms with Crippen LogP contribution in [-0.2, 0) is 15.3 Å². The zero-order valence-electron chi connectivity index (χ0n) is 19.1. The minimum absolute atomic E-state index is 0.0402. The van der Waals surface area contributed by atoms with E-state index in [1.165, 1.54) is 23.5 Å². The molecule has 0 bridgehead atoms. The van der Waals surface area contributed by atoms with Gasteiger partial charge in [-0.1, -0.05) is 92.7 Å². The first-order valence-corrected chi connectivity index (χ1v) is 13.0. The summed E-state index contributed by atoms with van der Waals surface area (Å²) in [5.74, 6) is 0.493. The van der Waals surface area contributed by atoms with Crippen molar-refractivity contribution in [2.24, 2.45) is 0 Å². The van der Waals surface area contributed by atoms with Crippen LogP contribution in [0, 0.1) is 6.92 Å². The number of nitrogens with zero attached hydrogens (tertiary/aromatic N) is 2. The second-order valence-corrected chi connectivity index (χ2v) is 11.9. The van der Waals surface area contributed by atoms with E-state index in [1.54, 1.807) is 24.3 Å². The molecular weight excluding hydrogens is 448 g/mol. The first-order chi connectivity index (χ1) is 15.6. The summed E-state index contributed by atoms with van der Waals surface area (Å²) in [4.78, 5) is 10.4. The molecule has 0 aliphatic carbocycles. The van der Waals surface area contributed by atoms with Crippen LogP contribution in [-0.4, -0.2) is 18.4 Å². The van der Waals surface area contributed by atoms with Crippen molar-refractivity contribution in [3.8, 4) is 11.4 Å². The summed E-state index contributed by atoms with van der Waals surface area (Å²) in [6.45, 7) is 8.42. The van der Waals surface area contributed by atoms with E-state index < -0.39 is 9.84 Å². The summed E-state index contributed by atoms with van der Waals surface area (Å²) >= 11 is 1.34. The molecule has 0 atom stereocenters. The van der Waals surface area contributed by atoms with E-state index in [1.807, 2.05) is 49.4 Å². The van der Waals surface area contributed by atoms with E-state index >= 15 is 0 Å². The molecular formula is C27H26N2O2S2. The number of hydrogen-bond donors (Lipinski definition) is 0. The van der Waals surface area contributed by atoms with Crippen LogP contribution in [0.4, 0.5) is 0 Å². The standard InChI is InChI=1S/C27H26N2O2S2/c1-19-10-16-23(17-11-19)33(30,31)24-18-28-25(20-8-6-5-7-9-20)29-26(24)32-22-14-12-21(13-15-22)27(2,3)4/h5-18H,1-4H3. The molecule has 3 aromatic carbocycles. The van der Waals surface area contributed by atoms with Gasteiger partial charge in [0, 0.05) is 10.5 Å². The summed E-state index contributed by atoms with van der Waals surface area (Å²) in [6.07, 6.45) is 1.43. The number of aryl methyl sites for hydroxylation is 1. The molecule has 4 rings (SSSR count). The maximum absolute atomic E-state index is 13.5. The highest BCUT2D eigenvalue weighted by Crippen LogP contribution is 2.36. The Morgan fingerprint density at radius 3 is 2.06 bits per heavy atom. The Bertz CT molecular complexity index is 1360. The molecule has 1 aromatic heterocycles. The van der Waals surface area contributed by atoms with Crippen molar-refractivity contribution >= 4 is 21.6 Å². The van der Waals surface area contributed by atoms with E-state index in [-0.39, 0.29) is 15.2 Å². The fourth-order valence-corrected chi connectivity index (χ4v) is 5.77. The quantitative estimate of drug-likeness (QED) is 0.300. The van der Waals surface area contributed by atoms with Crippen LogP contribution >= 0.6 is 11.8 Å². The number of rotatable bonds is 5. The van der Waals surface area contributed by atoms with Gasteiger partial charge in [0.25, 0.3) is 0 Å². The molecule has 0 amide bonds. The predicted octanol–water partition coefficient (Wildman–Crippen LogP) is 6.73. The summed E-state index contributed by atoms with van der Waals surface area (Å²) in [6, 6.07) is 24.6. The fraction of sp³-hybridized carbons (Fsp3) is 0.185. The molecule has 4 nitrogen and oxygen atoms in total. The molecule has 4 aromatic rings. The van der Waals surface area contributed by atoms with Crippen molar-refractivity contribution in [3.63, 3.8) is 0 Å². The highest BCUT2D eigenvalue weighted by Gasteiger charge is 2.25. The topological polar surface area (TPSA) is 59.9 Å². The van der Waals surface area contributed by atoms with E-state index in [4.69, 9.17) is 4.98 Å². The Hall–Kier alpha value is -2.96. The van der Waals surface area contributed by atoms with Gasteiger partial charge in [0.2, 0.25) is 9.84 Å². The van der Waals surface area contributed by atoms with Gasteiger partial charge in [0.05, 0.1) is 11.1 Å². The lowest BCUT2D eigenvalue weighted by Gasteiger charge is -2.19. The Balaban J connectivity index is 1.80. The Morgan fingerprint density at radius 1 is 0.818 bits per heavy atom. The van der Waals surface area contributed by atoms with E-state index in [2.05, 4.69) is 37.9 Å². The second-order valence-electron chi connectivity index (χ2n) is 8.92. The first-order valence-electron chi connectivity index (χ1n) is 10.7. The average Bonchev–Trinajstić information content (AvgIpc) is 2.79. The molecule has 0 fully saturated rings. The van der Waals surface area contributed by atoms with Crippen molar-refractivity contribution < 1.29 is 8.42 Å². The number of aromatic nitrogens is 2. The van der Waals surface area contributed by atoms with Crippen molar-refractivity contribution in [3.05, 3.63) is 96.2 Å². The summed E-state index contributed by atoms with van der Waals surface area (Å²) in [5, 5.41) is 0.410. The first kappa shape index (κ1) is 23.2. The van der Waals surface area contributed by atoms with Crippen molar-refractivity contribution in [1.29, 1.82) is 0 Å².